The van der Waals surface area contributed by atoms with Gasteiger partial charge in [0.05, 0.1) is 24.8 Å². The molecule has 8 heteroatoms. The Morgan fingerprint density at radius 1 is 1.06 bits per heavy atom. The van der Waals surface area contributed by atoms with Crippen molar-refractivity contribution in [1.82, 2.24) is 9.47 Å². The van der Waals surface area contributed by atoms with Crippen molar-refractivity contribution >= 4 is 28.6 Å². The van der Waals surface area contributed by atoms with Crippen molar-refractivity contribution in [2.24, 2.45) is 0 Å². The minimum atomic E-state index is -0.481. The van der Waals surface area contributed by atoms with Crippen molar-refractivity contribution in [3.8, 4) is 11.5 Å². The highest BCUT2D eigenvalue weighted by Crippen LogP contribution is 2.38. The van der Waals surface area contributed by atoms with Crippen LogP contribution in [0.25, 0.3) is 11.1 Å². The van der Waals surface area contributed by atoms with Gasteiger partial charge in [-0.3, -0.25) is 9.36 Å². The van der Waals surface area contributed by atoms with E-state index in [1.807, 2.05) is 23.1 Å². The van der Waals surface area contributed by atoms with Crippen LogP contribution in [0, 0.1) is 0 Å². The molecule has 0 saturated carbocycles. The van der Waals surface area contributed by atoms with Crippen molar-refractivity contribution < 1.29 is 18.7 Å². The summed E-state index contributed by atoms with van der Waals surface area (Å²) < 4.78 is 18.3. The van der Waals surface area contributed by atoms with Crippen LogP contribution in [-0.2, 0) is 11.3 Å². The predicted octanol–water partition coefficient (Wildman–Crippen LogP) is 4.16. The zero-order valence-electron chi connectivity index (χ0n) is 17.0. The molecule has 0 radical (unpaired) electrons. The van der Waals surface area contributed by atoms with Crippen molar-refractivity contribution in [3.63, 3.8) is 0 Å². The van der Waals surface area contributed by atoms with Gasteiger partial charge < -0.3 is 18.8 Å². The van der Waals surface area contributed by atoms with Crippen molar-refractivity contribution in [1.29, 1.82) is 0 Å². The molecular weight excluding hydrogens is 420 g/mol. The molecule has 0 bridgehead atoms. The predicted molar refractivity (Wildman–Crippen MR) is 116 cm³/mol. The standard InChI is InChI=1S/C23H23ClN2O5/c24-16-5-6-18-20(14-16)31-23(28)26(18)10-8-22(27)25-9-1-3-17(25)15-4-7-19-21(13-15)30-12-2-11-29-19/h4-7,13-14,17H,1-3,8-12H2. The Morgan fingerprint density at radius 2 is 1.90 bits per heavy atom. The first-order valence-corrected chi connectivity index (χ1v) is 11.0. The van der Waals surface area contributed by atoms with Gasteiger partial charge in [0.1, 0.15) is 0 Å². The number of likely N-dealkylation sites (tertiary alicyclic amines) is 1. The molecule has 0 spiro atoms. The molecule has 1 fully saturated rings. The molecule has 1 atom stereocenters. The number of ether oxygens (including phenoxy) is 2. The van der Waals surface area contributed by atoms with Crippen molar-refractivity contribution in [3.05, 3.63) is 57.5 Å². The average Bonchev–Trinajstić information content (AvgIpc) is 3.28. The lowest BCUT2D eigenvalue weighted by atomic mass is 10.0. The second-order valence-corrected chi connectivity index (χ2v) is 8.32. The molecule has 7 nitrogen and oxygen atoms in total. The molecule has 2 aliphatic heterocycles. The van der Waals surface area contributed by atoms with Crippen molar-refractivity contribution in [2.75, 3.05) is 19.8 Å². The fourth-order valence-corrected chi connectivity index (χ4v) is 4.56. The Bertz CT molecular complexity index is 1180. The van der Waals surface area contributed by atoms with Gasteiger partial charge in [-0.1, -0.05) is 17.7 Å². The molecular formula is C23H23ClN2O5. The van der Waals surface area contributed by atoms with E-state index in [1.54, 1.807) is 18.2 Å². The Hall–Kier alpha value is -2.93. The van der Waals surface area contributed by atoms with E-state index in [9.17, 15) is 9.59 Å². The molecule has 3 aromatic rings. The third-order valence-corrected chi connectivity index (χ3v) is 6.14. The van der Waals surface area contributed by atoms with Gasteiger partial charge >= 0.3 is 5.76 Å². The molecule has 1 unspecified atom stereocenters. The number of benzene rings is 2. The van der Waals surface area contributed by atoms with Gasteiger partial charge in [0.2, 0.25) is 5.91 Å². The first-order valence-electron chi connectivity index (χ1n) is 10.6. The first kappa shape index (κ1) is 20.0. The molecule has 162 valence electrons. The number of oxazole rings is 1. The van der Waals surface area contributed by atoms with Crippen LogP contribution in [0.5, 0.6) is 11.5 Å². The van der Waals surface area contributed by atoms with Crippen LogP contribution in [0.2, 0.25) is 5.02 Å². The van der Waals surface area contributed by atoms with Crippen molar-refractivity contribution in [2.45, 2.75) is 38.3 Å². The lowest BCUT2D eigenvalue weighted by Crippen LogP contribution is -2.32. The van der Waals surface area contributed by atoms with E-state index in [0.717, 1.165) is 36.3 Å². The van der Waals surface area contributed by atoms with Crippen LogP contribution >= 0.6 is 11.6 Å². The maximum atomic E-state index is 13.1. The van der Waals surface area contributed by atoms with Gasteiger partial charge in [-0.25, -0.2) is 4.79 Å². The molecule has 5 rings (SSSR count). The fourth-order valence-electron chi connectivity index (χ4n) is 4.40. The monoisotopic (exact) mass is 442 g/mol. The number of carbonyl (C=O) groups is 1. The molecule has 2 aromatic carbocycles. The number of nitrogens with zero attached hydrogens (tertiary/aromatic N) is 2. The average molecular weight is 443 g/mol. The molecule has 31 heavy (non-hydrogen) atoms. The topological polar surface area (TPSA) is 73.9 Å². The number of aromatic nitrogens is 1. The Morgan fingerprint density at radius 3 is 2.77 bits per heavy atom. The highest BCUT2D eigenvalue weighted by Gasteiger charge is 2.30. The second-order valence-electron chi connectivity index (χ2n) is 7.88. The van der Waals surface area contributed by atoms with Crippen LogP contribution in [0.1, 0.15) is 37.3 Å². The number of hydrogen-bond acceptors (Lipinski definition) is 5. The van der Waals surface area contributed by atoms with Crippen LogP contribution in [0.3, 0.4) is 0 Å². The summed E-state index contributed by atoms with van der Waals surface area (Å²) in [5.41, 5.74) is 2.12. The minimum absolute atomic E-state index is 0.00118. The molecule has 0 N–H and O–H groups in total. The van der Waals surface area contributed by atoms with E-state index in [4.69, 9.17) is 25.5 Å². The van der Waals surface area contributed by atoms with E-state index in [0.29, 0.717) is 35.9 Å². The number of hydrogen-bond donors (Lipinski definition) is 0. The number of carbonyl (C=O) groups excluding carboxylic acids is 1. The van der Waals surface area contributed by atoms with Gasteiger partial charge in [-0.15, -0.1) is 0 Å². The van der Waals surface area contributed by atoms with E-state index >= 15 is 0 Å². The fraction of sp³-hybridized carbons (Fsp3) is 0.391. The Labute approximate surface area is 184 Å². The molecule has 1 saturated heterocycles. The third-order valence-electron chi connectivity index (χ3n) is 5.91. The zero-order chi connectivity index (χ0) is 21.4. The van der Waals surface area contributed by atoms with E-state index in [-0.39, 0.29) is 24.9 Å². The van der Waals surface area contributed by atoms with E-state index < -0.39 is 5.76 Å². The Kier molecular flexibility index (Phi) is 5.36. The van der Waals surface area contributed by atoms with Gasteiger partial charge in [0.25, 0.3) is 0 Å². The van der Waals surface area contributed by atoms with Crippen LogP contribution in [0.4, 0.5) is 0 Å². The third kappa shape index (κ3) is 3.90. The number of halogens is 1. The maximum Gasteiger partial charge on any atom is 0.419 e. The smallest absolute Gasteiger partial charge is 0.419 e. The summed E-state index contributed by atoms with van der Waals surface area (Å²) in [6, 6.07) is 11.0. The lowest BCUT2D eigenvalue weighted by Gasteiger charge is -2.26. The lowest BCUT2D eigenvalue weighted by molar-refractivity contribution is -0.132. The summed E-state index contributed by atoms with van der Waals surface area (Å²) in [5, 5.41) is 0.500. The summed E-state index contributed by atoms with van der Waals surface area (Å²) >= 11 is 5.97. The summed E-state index contributed by atoms with van der Waals surface area (Å²) in [4.78, 5) is 27.2. The summed E-state index contributed by atoms with van der Waals surface area (Å²) in [5.74, 6) is 1.03. The number of rotatable bonds is 4. The second kappa shape index (κ2) is 8.30. The van der Waals surface area contributed by atoms with E-state index in [1.165, 1.54) is 4.57 Å². The molecule has 1 aromatic heterocycles. The highest BCUT2D eigenvalue weighted by molar-refractivity contribution is 6.31. The van der Waals surface area contributed by atoms with Crippen LogP contribution < -0.4 is 15.2 Å². The first-order chi connectivity index (χ1) is 15.1. The summed E-state index contributed by atoms with van der Waals surface area (Å²) in [6.45, 7) is 2.24. The van der Waals surface area contributed by atoms with Gasteiger partial charge in [-0.05, 0) is 42.7 Å². The quantitative estimate of drug-likeness (QED) is 0.606. The largest absolute Gasteiger partial charge is 0.490 e. The van der Waals surface area contributed by atoms with Gasteiger partial charge in [-0.2, -0.15) is 0 Å². The minimum Gasteiger partial charge on any atom is -0.490 e. The molecule has 0 aliphatic carbocycles. The van der Waals surface area contributed by atoms with E-state index in [2.05, 4.69) is 0 Å². The maximum absolute atomic E-state index is 13.1. The molecule has 1 amide bonds. The molecule has 2 aliphatic rings. The number of aryl methyl sites for hydroxylation is 1. The summed E-state index contributed by atoms with van der Waals surface area (Å²) in [7, 11) is 0. The zero-order valence-corrected chi connectivity index (χ0v) is 17.8. The highest BCUT2D eigenvalue weighted by atomic mass is 35.5. The van der Waals surface area contributed by atoms with Crippen LogP contribution in [0.15, 0.2) is 45.6 Å². The van der Waals surface area contributed by atoms with Gasteiger partial charge in [0, 0.05) is 37.0 Å². The number of amides is 1. The normalized spacial score (nSPS) is 18.4. The van der Waals surface area contributed by atoms with Crippen LogP contribution in [-0.4, -0.2) is 35.1 Å². The SMILES string of the molecule is O=C(CCn1c(=O)oc2cc(Cl)ccc21)N1CCCC1c1ccc2c(c1)OCCCO2. The molecule has 3 heterocycles. The summed E-state index contributed by atoms with van der Waals surface area (Å²) in [6.07, 6.45) is 2.92. The number of fused-ring (bicyclic) bond motifs is 2. The van der Waals surface area contributed by atoms with Gasteiger partial charge in [0.15, 0.2) is 17.1 Å². The Balaban J connectivity index is 1.32.